The summed E-state index contributed by atoms with van der Waals surface area (Å²) < 4.78 is 6.34. The zero-order chi connectivity index (χ0) is 19.6. The third kappa shape index (κ3) is 3.30. The summed E-state index contributed by atoms with van der Waals surface area (Å²) in [5.74, 6) is 1.68. The number of rotatable bonds is 4. The summed E-state index contributed by atoms with van der Waals surface area (Å²) in [7, 11) is 0. The van der Waals surface area contributed by atoms with Crippen LogP contribution in [0, 0.1) is 0 Å². The fourth-order valence-corrected chi connectivity index (χ4v) is 4.13. The summed E-state index contributed by atoms with van der Waals surface area (Å²) >= 11 is 5.72. The van der Waals surface area contributed by atoms with Crippen LogP contribution in [0.1, 0.15) is 23.5 Å². The third-order valence-electron chi connectivity index (χ3n) is 5.11. The summed E-state index contributed by atoms with van der Waals surface area (Å²) in [5.41, 5.74) is 3.00. The van der Waals surface area contributed by atoms with Crippen LogP contribution in [-0.2, 0) is 0 Å². The molecule has 1 saturated heterocycles. The number of para-hydroxylation sites is 1. The molecule has 1 aliphatic rings. The molecule has 4 aromatic rings. The average molecular weight is 398 g/mol. The molecule has 3 heterocycles. The van der Waals surface area contributed by atoms with E-state index < -0.39 is 0 Å². The fourth-order valence-electron chi connectivity index (χ4n) is 3.78. The van der Waals surface area contributed by atoms with Gasteiger partial charge in [-0.15, -0.1) is 0 Å². The van der Waals surface area contributed by atoms with Gasteiger partial charge in [0.1, 0.15) is 17.6 Å². The predicted molar refractivity (Wildman–Crippen MR) is 119 cm³/mol. The van der Waals surface area contributed by atoms with Gasteiger partial charge in [-0.05, 0) is 48.6 Å². The van der Waals surface area contributed by atoms with Crippen molar-refractivity contribution in [2.75, 3.05) is 4.90 Å². The van der Waals surface area contributed by atoms with Gasteiger partial charge in [0.15, 0.2) is 5.11 Å². The monoisotopic (exact) mass is 397 g/mol. The number of anilines is 1. The van der Waals surface area contributed by atoms with E-state index in [0.717, 1.165) is 28.5 Å². The molecule has 142 valence electrons. The lowest BCUT2D eigenvalue weighted by Gasteiger charge is -2.26. The van der Waals surface area contributed by atoms with Crippen molar-refractivity contribution in [3.05, 3.63) is 109 Å². The van der Waals surface area contributed by atoms with Gasteiger partial charge in [-0.3, -0.25) is 4.98 Å². The van der Waals surface area contributed by atoms with E-state index in [-0.39, 0.29) is 12.1 Å². The molecule has 2 aromatic heterocycles. The predicted octanol–water partition coefficient (Wildman–Crippen LogP) is 5.52. The van der Waals surface area contributed by atoms with Gasteiger partial charge in [-0.2, -0.15) is 0 Å². The quantitative estimate of drug-likeness (QED) is 0.459. The molecule has 0 radical (unpaired) electrons. The van der Waals surface area contributed by atoms with E-state index in [2.05, 4.69) is 27.3 Å². The third-order valence-corrected chi connectivity index (χ3v) is 5.42. The number of nitrogens with one attached hydrogen (secondary N) is 1. The zero-order valence-electron chi connectivity index (χ0n) is 15.6. The van der Waals surface area contributed by atoms with Crippen molar-refractivity contribution < 1.29 is 4.42 Å². The minimum Gasteiger partial charge on any atom is -0.459 e. The first kappa shape index (κ1) is 17.6. The summed E-state index contributed by atoms with van der Waals surface area (Å²) in [6, 6.07) is 30.0. The zero-order valence-corrected chi connectivity index (χ0v) is 16.4. The summed E-state index contributed by atoms with van der Waals surface area (Å²) in [6.07, 6.45) is 1.81. The van der Waals surface area contributed by atoms with Crippen molar-refractivity contribution in [2.45, 2.75) is 12.1 Å². The highest BCUT2D eigenvalue weighted by Gasteiger charge is 2.42. The van der Waals surface area contributed by atoms with Crippen molar-refractivity contribution in [1.82, 2.24) is 10.3 Å². The SMILES string of the molecule is S=C1N[C@H](c2ccccn2)[C@@H](c2ccc(-c3ccccc3)o2)N1c1ccccc1. The molecule has 0 bridgehead atoms. The number of hydrogen-bond donors (Lipinski definition) is 1. The Bertz CT molecular complexity index is 1110. The Hall–Kier alpha value is -3.44. The van der Waals surface area contributed by atoms with Gasteiger partial charge in [0.2, 0.25) is 0 Å². The molecule has 0 amide bonds. The highest BCUT2D eigenvalue weighted by atomic mass is 32.1. The Morgan fingerprint density at radius 2 is 1.55 bits per heavy atom. The maximum atomic E-state index is 6.34. The van der Waals surface area contributed by atoms with E-state index in [0.29, 0.717) is 5.11 Å². The van der Waals surface area contributed by atoms with Gasteiger partial charge in [0.25, 0.3) is 0 Å². The van der Waals surface area contributed by atoms with Crippen LogP contribution in [0.15, 0.2) is 102 Å². The number of pyridine rings is 1. The van der Waals surface area contributed by atoms with E-state index in [1.54, 1.807) is 6.20 Å². The first-order chi connectivity index (χ1) is 14.3. The van der Waals surface area contributed by atoms with E-state index in [9.17, 15) is 0 Å². The average Bonchev–Trinajstić information content (AvgIpc) is 3.40. The Kier molecular flexibility index (Phi) is 4.58. The lowest BCUT2D eigenvalue weighted by atomic mass is 10.0. The van der Waals surface area contributed by atoms with Crippen molar-refractivity contribution >= 4 is 23.0 Å². The van der Waals surface area contributed by atoms with E-state index in [1.807, 2.05) is 78.9 Å². The van der Waals surface area contributed by atoms with Gasteiger partial charge in [-0.1, -0.05) is 54.6 Å². The van der Waals surface area contributed by atoms with Crippen LogP contribution < -0.4 is 10.2 Å². The Labute approximate surface area is 174 Å². The first-order valence-corrected chi connectivity index (χ1v) is 9.93. The standard InChI is InChI=1S/C24H19N3OS/c29-24-26-22(19-13-7-8-16-25-19)23(27(24)18-11-5-2-6-12-18)21-15-14-20(28-21)17-9-3-1-4-10-17/h1-16,22-23H,(H,26,29)/t22-,23-/m1/s1. The molecule has 1 aliphatic heterocycles. The summed E-state index contributed by atoms with van der Waals surface area (Å²) in [5, 5.41) is 4.11. The molecule has 0 saturated carbocycles. The number of aromatic nitrogens is 1. The van der Waals surface area contributed by atoms with Crippen LogP contribution in [0.4, 0.5) is 5.69 Å². The second kappa shape index (κ2) is 7.53. The lowest BCUT2D eigenvalue weighted by molar-refractivity contribution is 0.439. The molecule has 2 atom stereocenters. The van der Waals surface area contributed by atoms with Crippen LogP contribution in [0.5, 0.6) is 0 Å². The first-order valence-electron chi connectivity index (χ1n) is 9.52. The molecule has 4 nitrogen and oxygen atoms in total. The molecular formula is C24H19N3OS. The molecule has 0 unspecified atom stereocenters. The smallest absolute Gasteiger partial charge is 0.174 e. The van der Waals surface area contributed by atoms with E-state index in [4.69, 9.17) is 16.6 Å². The highest BCUT2D eigenvalue weighted by molar-refractivity contribution is 7.80. The Morgan fingerprint density at radius 1 is 0.828 bits per heavy atom. The molecule has 5 heteroatoms. The molecule has 1 N–H and O–H groups in total. The lowest BCUT2D eigenvalue weighted by Crippen LogP contribution is -2.29. The summed E-state index contributed by atoms with van der Waals surface area (Å²) in [6.45, 7) is 0. The second-order valence-electron chi connectivity index (χ2n) is 6.90. The van der Waals surface area contributed by atoms with Gasteiger partial charge < -0.3 is 14.6 Å². The van der Waals surface area contributed by atoms with E-state index in [1.165, 1.54) is 0 Å². The topological polar surface area (TPSA) is 41.3 Å². The van der Waals surface area contributed by atoms with Gasteiger partial charge in [-0.25, -0.2) is 0 Å². The minimum atomic E-state index is -0.141. The van der Waals surface area contributed by atoms with Gasteiger partial charge >= 0.3 is 0 Å². The minimum absolute atomic E-state index is 0.112. The van der Waals surface area contributed by atoms with Crippen LogP contribution >= 0.6 is 12.2 Å². The molecule has 5 rings (SSSR count). The number of hydrogen-bond acceptors (Lipinski definition) is 3. The molecule has 0 aliphatic carbocycles. The number of nitrogens with zero attached hydrogens (tertiary/aromatic N) is 2. The van der Waals surface area contributed by atoms with Crippen LogP contribution in [0.3, 0.4) is 0 Å². The Balaban J connectivity index is 1.60. The molecule has 2 aromatic carbocycles. The second-order valence-corrected chi connectivity index (χ2v) is 7.29. The molecule has 29 heavy (non-hydrogen) atoms. The molecular weight excluding hydrogens is 378 g/mol. The number of benzene rings is 2. The van der Waals surface area contributed by atoms with Gasteiger partial charge in [0, 0.05) is 17.4 Å². The molecule has 0 spiro atoms. The van der Waals surface area contributed by atoms with Crippen molar-refractivity contribution in [2.24, 2.45) is 0 Å². The van der Waals surface area contributed by atoms with E-state index >= 15 is 0 Å². The maximum absolute atomic E-state index is 6.34. The van der Waals surface area contributed by atoms with Crippen LogP contribution in [0.2, 0.25) is 0 Å². The Morgan fingerprint density at radius 3 is 2.28 bits per heavy atom. The number of furan rings is 1. The van der Waals surface area contributed by atoms with Gasteiger partial charge in [0.05, 0.1) is 11.7 Å². The van der Waals surface area contributed by atoms with Crippen molar-refractivity contribution in [3.63, 3.8) is 0 Å². The largest absolute Gasteiger partial charge is 0.459 e. The molecule has 1 fully saturated rings. The summed E-state index contributed by atoms with van der Waals surface area (Å²) in [4.78, 5) is 6.69. The highest BCUT2D eigenvalue weighted by Crippen LogP contribution is 2.42. The van der Waals surface area contributed by atoms with Crippen molar-refractivity contribution in [3.8, 4) is 11.3 Å². The normalized spacial score (nSPS) is 18.6. The van der Waals surface area contributed by atoms with Crippen LogP contribution in [0.25, 0.3) is 11.3 Å². The number of thiocarbonyl (C=S) groups is 1. The van der Waals surface area contributed by atoms with Crippen molar-refractivity contribution in [1.29, 1.82) is 0 Å². The maximum Gasteiger partial charge on any atom is 0.174 e. The van der Waals surface area contributed by atoms with Crippen LogP contribution in [-0.4, -0.2) is 10.1 Å². The fraction of sp³-hybridized carbons (Fsp3) is 0.0833.